The third-order valence-corrected chi connectivity index (χ3v) is 2.60. The highest BCUT2D eigenvalue weighted by Gasteiger charge is 2.09. The second-order valence-electron chi connectivity index (χ2n) is 4.66. The maximum Gasteiger partial charge on any atom is 0.267 e. The number of benzene rings is 1. The van der Waals surface area contributed by atoms with E-state index in [1.165, 1.54) is 0 Å². The molecule has 0 bridgehead atoms. The lowest BCUT2D eigenvalue weighted by molar-refractivity contribution is 0.0995. The molecule has 2 aromatic rings. The number of rotatable bonds is 4. The van der Waals surface area contributed by atoms with Crippen molar-refractivity contribution in [1.82, 2.24) is 4.98 Å². The fourth-order valence-electron chi connectivity index (χ4n) is 1.83. The fraction of sp³-hybridized carbons (Fsp3) is 0.200. The van der Waals surface area contributed by atoms with Gasteiger partial charge < -0.3 is 11.1 Å². The van der Waals surface area contributed by atoms with Crippen LogP contribution in [-0.4, -0.2) is 16.9 Å². The second kappa shape index (κ2) is 5.52. The van der Waals surface area contributed by atoms with E-state index in [1.54, 1.807) is 6.07 Å². The molecule has 0 aliphatic carbocycles. The van der Waals surface area contributed by atoms with Gasteiger partial charge in [-0.2, -0.15) is 0 Å². The number of nitrogens with zero attached hydrogens (tertiary/aromatic N) is 1. The summed E-state index contributed by atoms with van der Waals surface area (Å²) in [6.07, 6.45) is 0. The Kier molecular flexibility index (Phi) is 3.80. The topological polar surface area (TPSA) is 68.0 Å². The Morgan fingerprint density at radius 3 is 2.47 bits per heavy atom. The monoisotopic (exact) mass is 255 g/mol. The van der Waals surface area contributed by atoms with E-state index in [-0.39, 0.29) is 11.7 Å². The van der Waals surface area contributed by atoms with E-state index < -0.39 is 5.91 Å². The molecule has 0 fully saturated rings. The smallest absolute Gasteiger partial charge is 0.267 e. The number of primary amides is 1. The summed E-state index contributed by atoms with van der Waals surface area (Å²) in [5.41, 5.74) is 8.14. The van der Waals surface area contributed by atoms with Crippen molar-refractivity contribution >= 4 is 11.6 Å². The molecule has 0 aliphatic heterocycles. The van der Waals surface area contributed by atoms with E-state index in [1.807, 2.05) is 50.2 Å². The van der Waals surface area contributed by atoms with E-state index >= 15 is 0 Å². The van der Waals surface area contributed by atoms with Gasteiger partial charge in [0.15, 0.2) is 0 Å². The Morgan fingerprint density at radius 2 is 1.89 bits per heavy atom. The van der Waals surface area contributed by atoms with Crippen molar-refractivity contribution in [2.75, 3.05) is 5.32 Å². The van der Waals surface area contributed by atoms with Crippen molar-refractivity contribution in [3.05, 3.63) is 48.2 Å². The normalized spacial score (nSPS) is 10.5. The van der Waals surface area contributed by atoms with Gasteiger partial charge in [-0.1, -0.05) is 30.3 Å². The quantitative estimate of drug-likeness (QED) is 0.882. The molecule has 0 saturated carbocycles. The fourth-order valence-corrected chi connectivity index (χ4v) is 1.83. The van der Waals surface area contributed by atoms with E-state index in [4.69, 9.17) is 5.73 Å². The number of hydrogen-bond donors (Lipinski definition) is 2. The molecular weight excluding hydrogens is 238 g/mol. The minimum Gasteiger partial charge on any atom is -0.383 e. The molecule has 0 atom stereocenters. The minimum atomic E-state index is -0.524. The number of anilines is 1. The molecule has 19 heavy (non-hydrogen) atoms. The molecule has 3 N–H and O–H groups in total. The van der Waals surface area contributed by atoms with Crippen LogP contribution < -0.4 is 11.1 Å². The first-order chi connectivity index (χ1) is 9.06. The second-order valence-corrected chi connectivity index (χ2v) is 4.66. The first kappa shape index (κ1) is 13.1. The number of carbonyl (C=O) groups excluding carboxylic acids is 1. The van der Waals surface area contributed by atoms with Gasteiger partial charge in [-0.05, 0) is 26.0 Å². The van der Waals surface area contributed by atoms with Crippen LogP contribution in [0.4, 0.5) is 5.69 Å². The molecule has 0 saturated heterocycles. The van der Waals surface area contributed by atoms with Crippen LogP contribution in [0.15, 0.2) is 42.5 Å². The summed E-state index contributed by atoms with van der Waals surface area (Å²) in [5, 5.41) is 3.26. The third kappa shape index (κ3) is 3.31. The average Bonchev–Trinajstić information content (AvgIpc) is 2.38. The predicted molar refractivity (Wildman–Crippen MR) is 76.9 cm³/mol. The summed E-state index contributed by atoms with van der Waals surface area (Å²) in [7, 11) is 0. The number of amides is 1. The van der Waals surface area contributed by atoms with Crippen molar-refractivity contribution in [3.8, 4) is 11.3 Å². The summed E-state index contributed by atoms with van der Waals surface area (Å²) in [6.45, 7) is 4.07. The molecule has 98 valence electrons. The molecule has 0 spiro atoms. The molecule has 4 nitrogen and oxygen atoms in total. The Hall–Kier alpha value is -2.36. The Morgan fingerprint density at radius 1 is 1.21 bits per heavy atom. The number of hydrogen-bond acceptors (Lipinski definition) is 3. The van der Waals surface area contributed by atoms with Crippen LogP contribution in [0.5, 0.6) is 0 Å². The molecule has 0 unspecified atom stereocenters. The highest BCUT2D eigenvalue weighted by Crippen LogP contribution is 2.22. The van der Waals surface area contributed by atoms with Crippen LogP contribution in [0.2, 0.25) is 0 Å². The molecule has 0 aliphatic rings. The zero-order valence-corrected chi connectivity index (χ0v) is 11.1. The van der Waals surface area contributed by atoms with Gasteiger partial charge in [0.05, 0.1) is 5.69 Å². The molecule has 2 rings (SSSR count). The molecule has 1 aromatic carbocycles. The minimum absolute atomic E-state index is 0.268. The van der Waals surface area contributed by atoms with Gasteiger partial charge in [-0.15, -0.1) is 0 Å². The average molecular weight is 255 g/mol. The first-order valence-electron chi connectivity index (χ1n) is 6.20. The zero-order valence-electron chi connectivity index (χ0n) is 11.1. The number of nitrogens with one attached hydrogen (secondary N) is 1. The molecular formula is C15H17N3O. The number of aromatic nitrogens is 1. The maximum absolute atomic E-state index is 11.4. The van der Waals surface area contributed by atoms with Crippen molar-refractivity contribution in [1.29, 1.82) is 0 Å². The van der Waals surface area contributed by atoms with Crippen molar-refractivity contribution in [3.63, 3.8) is 0 Å². The zero-order chi connectivity index (χ0) is 13.8. The first-order valence-corrected chi connectivity index (χ1v) is 6.20. The molecule has 1 aromatic heterocycles. The lowest BCUT2D eigenvalue weighted by atomic mass is 10.1. The van der Waals surface area contributed by atoms with E-state index in [9.17, 15) is 4.79 Å². The Balaban J connectivity index is 2.48. The van der Waals surface area contributed by atoms with Gasteiger partial charge in [0.25, 0.3) is 5.91 Å². The summed E-state index contributed by atoms with van der Waals surface area (Å²) >= 11 is 0. The van der Waals surface area contributed by atoms with E-state index in [0.29, 0.717) is 0 Å². The van der Waals surface area contributed by atoms with Crippen molar-refractivity contribution in [2.45, 2.75) is 19.9 Å². The summed E-state index contributed by atoms with van der Waals surface area (Å²) in [4.78, 5) is 15.7. The van der Waals surface area contributed by atoms with Crippen LogP contribution in [0, 0.1) is 0 Å². The van der Waals surface area contributed by atoms with Crippen LogP contribution >= 0.6 is 0 Å². The van der Waals surface area contributed by atoms with Gasteiger partial charge in [0.2, 0.25) is 0 Å². The number of carbonyl (C=O) groups is 1. The third-order valence-electron chi connectivity index (χ3n) is 2.60. The van der Waals surface area contributed by atoms with Gasteiger partial charge in [-0.3, -0.25) is 4.79 Å². The molecule has 1 amide bonds. The summed E-state index contributed by atoms with van der Waals surface area (Å²) in [5.74, 6) is -0.524. The number of nitrogens with two attached hydrogens (primary N) is 1. The highest BCUT2D eigenvalue weighted by molar-refractivity contribution is 5.92. The maximum atomic E-state index is 11.4. The van der Waals surface area contributed by atoms with Crippen LogP contribution in [0.3, 0.4) is 0 Å². The van der Waals surface area contributed by atoms with Gasteiger partial charge in [-0.25, -0.2) is 4.98 Å². The van der Waals surface area contributed by atoms with Crippen molar-refractivity contribution < 1.29 is 4.79 Å². The number of pyridine rings is 1. The standard InChI is InChI=1S/C15H17N3O/c1-10(2)17-12-8-13(11-6-4-3-5-7-11)18-14(9-12)15(16)19/h3-10H,1-2H3,(H2,16,19)(H,17,18). The van der Waals surface area contributed by atoms with Gasteiger partial charge in [0, 0.05) is 17.3 Å². The van der Waals surface area contributed by atoms with E-state index in [2.05, 4.69) is 10.3 Å². The molecule has 0 radical (unpaired) electrons. The Bertz CT molecular complexity index is 579. The highest BCUT2D eigenvalue weighted by atomic mass is 16.1. The Labute approximate surface area is 112 Å². The largest absolute Gasteiger partial charge is 0.383 e. The van der Waals surface area contributed by atoms with Crippen LogP contribution in [0.1, 0.15) is 24.3 Å². The summed E-state index contributed by atoms with van der Waals surface area (Å²) in [6, 6.07) is 13.6. The van der Waals surface area contributed by atoms with Crippen LogP contribution in [0.25, 0.3) is 11.3 Å². The van der Waals surface area contributed by atoms with E-state index in [0.717, 1.165) is 16.9 Å². The van der Waals surface area contributed by atoms with Crippen molar-refractivity contribution in [2.24, 2.45) is 5.73 Å². The SMILES string of the molecule is CC(C)Nc1cc(C(N)=O)nc(-c2ccccc2)c1. The van der Waals surface area contributed by atoms with Crippen LogP contribution in [-0.2, 0) is 0 Å². The van der Waals surface area contributed by atoms with Gasteiger partial charge in [0.1, 0.15) is 5.69 Å². The molecule has 4 heteroatoms. The lowest BCUT2D eigenvalue weighted by Gasteiger charge is -2.12. The molecule has 1 heterocycles. The van der Waals surface area contributed by atoms with Gasteiger partial charge >= 0.3 is 0 Å². The lowest BCUT2D eigenvalue weighted by Crippen LogP contribution is -2.16. The summed E-state index contributed by atoms with van der Waals surface area (Å²) < 4.78 is 0. The predicted octanol–water partition coefficient (Wildman–Crippen LogP) is 2.67.